The van der Waals surface area contributed by atoms with Crippen molar-refractivity contribution < 1.29 is 13.5 Å². The molecular weight excluding hydrogens is 306 g/mol. The maximum absolute atomic E-state index is 12.2. The zero-order chi connectivity index (χ0) is 13.3. The number of benzene rings is 1. The van der Waals surface area contributed by atoms with Crippen LogP contribution in [0.2, 0.25) is 0 Å². The molecule has 0 atom stereocenters. The van der Waals surface area contributed by atoms with Crippen molar-refractivity contribution in [2.45, 2.75) is 24.3 Å². The van der Waals surface area contributed by atoms with Gasteiger partial charge in [-0.2, -0.15) is 4.31 Å². The van der Waals surface area contributed by atoms with Gasteiger partial charge in [-0.05, 0) is 32.0 Å². The molecule has 0 aliphatic carbocycles. The molecule has 0 aliphatic heterocycles. The van der Waals surface area contributed by atoms with Crippen LogP contribution in [-0.2, 0) is 10.0 Å². The molecule has 96 valence electrons. The molecule has 0 saturated heterocycles. The monoisotopic (exact) mass is 321 g/mol. The summed E-state index contributed by atoms with van der Waals surface area (Å²) in [7, 11) is -2.10. The Morgan fingerprint density at radius 2 is 2.00 bits per heavy atom. The molecule has 4 nitrogen and oxygen atoms in total. The molecule has 0 aromatic heterocycles. The van der Waals surface area contributed by atoms with Crippen molar-refractivity contribution in [2.24, 2.45) is 0 Å². The van der Waals surface area contributed by atoms with Crippen molar-refractivity contribution in [1.29, 1.82) is 0 Å². The maximum Gasteiger partial charge on any atom is 0.242 e. The predicted molar refractivity (Wildman–Crippen MR) is 70.3 cm³/mol. The Balaban J connectivity index is 3.04. The van der Waals surface area contributed by atoms with Crippen LogP contribution in [0, 0.1) is 0 Å². The van der Waals surface area contributed by atoms with Crippen molar-refractivity contribution in [3.63, 3.8) is 0 Å². The van der Waals surface area contributed by atoms with E-state index in [9.17, 15) is 13.5 Å². The predicted octanol–water partition coefficient (Wildman–Crippen LogP) is 1.84. The molecule has 0 saturated carbocycles. The third kappa shape index (κ3) is 4.06. The zero-order valence-corrected chi connectivity index (χ0v) is 12.4. The highest BCUT2D eigenvalue weighted by Crippen LogP contribution is 2.20. The number of rotatable bonds is 4. The van der Waals surface area contributed by atoms with E-state index >= 15 is 0 Å². The van der Waals surface area contributed by atoms with E-state index in [-0.39, 0.29) is 11.4 Å². The van der Waals surface area contributed by atoms with E-state index in [0.717, 1.165) is 4.31 Å². The van der Waals surface area contributed by atoms with Crippen LogP contribution in [0.25, 0.3) is 0 Å². The van der Waals surface area contributed by atoms with E-state index in [2.05, 4.69) is 15.9 Å². The molecule has 0 amide bonds. The SMILES string of the molecule is CN(CC(C)(C)O)S(=O)(=O)c1cccc(Br)c1. The Kier molecular flexibility index (Phi) is 4.35. The summed E-state index contributed by atoms with van der Waals surface area (Å²) >= 11 is 3.23. The van der Waals surface area contributed by atoms with Crippen LogP contribution < -0.4 is 0 Å². The number of sulfonamides is 1. The summed E-state index contributed by atoms with van der Waals surface area (Å²) in [6.07, 6.45) is 0. The number of hydrogen-bond donors (Lipinski definition) is 1. The van der Waals surface area contributed by atoms with Gasteiger partial charge in [0.25, 0.3) is 0 Å². The molecule has 0 spiro atoms. The number of hydrogen-bond acceptors (Lipinski definition) is 3. The van der Waals surface area contributed by atoms with Gasteiger partial charge < -0.3 is 5.11 Å². The van der Waals surface area contributed by atoms with E-state index in [1.807, 2.05) is 0 Å². The van der Waals surface area contributed by atoms with E-state index in [0.29, 0.717) is 4.47 Å². The largest absolute Gasteiger partial charge is 0.389 e. The minimum Gasteiger partial charge on any atom is -0.389 e. The van der Waals surface area contributed by atoms with Crippen molar-refractivity contribution in [3.8, 4) is 0 Å². The molecule has 1 aromatic rings. The maximum atomic E-state index is 12.2. The van der Waals surface area contributed by atoms with Crippen LogP contribution in [0.1, 0.15) is 13.8 Å². The quantitative estimate of drug-likeness (QED) is 0.920. The first kappa shape index (κ1) is 14.6. The lowest BCUT2D eigenvalue weighted by Gasteiger charge is -2.25. The second kappa shape index (κ2) is 5.06. The molecule has 1 N–H and O–H groups in total. The number of aliphatic hydroxyl groups is 1. The fourth-order valence-corrected chi connectivity index (χ4v) is 3.36. The highest BCUT2D eigenvalue weighted by molar-refractivity contribution is 9.10. The zero-order valence-electron chi connectivity index (χ0n) is 10.0. The van der Waals surface area contributed by atoms with Crippen molar-refractivity contribution in [3.05, 3.63) is 28.7 Å². The first-order chi connectivity index (χ1) is 7.63. The molecular formula is C11H16BrNO3S. The van der Waals surface area contributed by atoms with Gasteiger partial charge in [0.15, 0.2) is 0 Å². The molecule has 0 radical (unpaired) electrons. The van der Waals surface area contributed by atoms with Gasteiger partial charge in [-0.3, -0.25) is 0 Å². The van der Waals surface area contributed by atoms with Gasteiger partial charge in [0.05, 0.1) is 10.5 Å². The summed E-state index contributed by atoms with van der Waals surface area (Å²) in [5, 5.41) is 9.64. The normalized spacial score (nSPS) is 13.1. The molecule has 1 aromatic carbocycles. The average molecular weight is 322 g/mol. The lowest BCUT2D eigenvalue weighted by atomic mass is 10.1. The minimum absolute atomic E-state index is 0.0435. The van der Waals surface area contributed by atoms with Crippen LogP contribution in [0.3, 0.4) is 0 Å². The number of halogens is 1. The van der Waals surface area contributed by atoms with Crippen molar-refractivity contribution in [1.82, 2.24) is 4.31 Å². The minimum atomic E-state index is -3.55. The Morgan fingerprint density at radius 1 is 1.41 bits per heavy atom. The van der Waals surface area contributed by atoms with E-state index in [1.165, 1.54) is 19.2 Å². The molecule has 0 fully saturated rings. The molecule has 17 heavy (non-hydrogen) atoms. The third-order valence-corrected chi connectivity index (χ3v) is 4.41. The fraction of sp³-hybridized carbons (Fsp3) is 0.455. The van der Waals surface area contributed by atoms with Crippen LogP contribution in [0.5, 0.6) is 0 Å². The first-order valence-electron chi connectivity index (χ1n) is 5.07. The second-order valence-electron chi connectivity index (χ2n) is 4.53. The first-order valence-corrected chi connectivity index (χ1v) is 7.30. The van der Waals surface area contributed by atoms with Crippen LogP contribution in [0.15, 0.2) is 33.6 Å². The highest BCUT2D eigenvalue weighted by atomic mass is 79.9. The molecule has 1 rings (SSSR count). The molecule has 0 heterocycles. The van der Waals surface area contributed by atoms with Crippen molar-refractivity contribution >= 4 is 26.0 Å². The van der Waals surface area contributed by atoms with Gasteiger partial charge in [0.1, 0.15) is 0 Å². The van der Waals surface area contributed by atoms with Gasteiger partial charge in [0.2, 0.25) is 10.0 Å². The van der Waals surface area contributed by atoms with Gasteiger partial charge in [-0.15, -0.1) is 0 Å². The summed E-state index contributed by atoms with van der Waals surface area (Å²) in [5.74, 6) is 0. The molecule has 0 bridgehead atoms. The van der Waals surface area contributed by atoms with E-state index in [4.69, 9.17) is 0 Å². The molecule has 6 heteroatoms. The van der Waals surface area contributed by atoms with Gasteiger partial charge in [0, 0.05) is 18.1 Å². The second-order valence-corrected chi connectivity index (χ2v) is 7.49. The van der Waals surface area contributed by atoms with Crippen molar-refractivity contribution in [2.75, 3.05) is 13.6 Å². The van der Waals surface area contributed by atoms with Crippen LogP contribution in [-0.4, -0.2) is 37.0 Å². The molecule has 0 unspecified atom stereocenters. The number of likely N-dealkylation sites (N-methyl/N-ethyl adjacent to an activating group) is 1. The van der Waals surface area contributed by atoms with Crippen LogP contribution in [0.4, 0.5) is 0 Å². The lowest BCUT2D eigenvalue weighted by Crippen LogP contribution is -2.39. The van der Waals surface area contributed by atoms with Crippen LogP contribution >= 0.6 is 15.9 Å². The smallest absolute Gasteiger partial charge is 0.242 e. The average Bonchev–Trinajstić information content (AvgIpc) is 2.15. The Bertz CT molecular complexity index is 494. The van der Waals surface area contributed by atoms with E-state index in [1.54, 1.807) is 26.0 Å². The Hall–Kier alpha value is -0.430. The third-order valence-electron chi connectivity index (χ3n) is 2.11. The van der Waals surface area contributed by atoms with Gasteiger partial charge >= 0.3 is 0 Å². The summed E-state index contributed by atoms with van der Waals surface area (Å²) in [4.78, 5) is 0.207. The topological polar surface area (TPSA) is 57.6 Å². The lowest BCUT2D eigenvalue weighted by molar-refractivity contribution is 0.0640. The number of nitrogens with zero attached hydrogens (tertiary/aromatic N) is 1. The standard InChI is InChI=1S/C11H16BrNO3S/c1-11(2,14)8-13(3)17(15,16)10-6-4-5-9(12)7-10/h4-7,14H,8H2,1-3H3. The highest BCUT2D eigenvalue weighted by Gasteiger charge is 2.26. The van der Waals surface area contributed by atoms with Gasteiger partial charge in [-0.1, -0.05) is 22.0 Å². The molecule has 0 aliphatic rings. The summed E-state index contributed by atoms with van der Waals surface area (Å²) < 4.78 is 26.2. The summed E-state index contributed by atoms with van der Waals surface area (Å²) in [5.41, 5.74) is -1.06. The van der Waals surface area contributed by atoms with E-state index < -0.39 is 15.6 Å². The fourth-order valence-electron chi connectivity index (χ4n) is 1.44. The Labute approximate surface area is 110 Å². The summed E-state index contributed by atoms with van der Waals surface area (Å²) in [6.45, 7) is 3.18. The summed E-state index contributed by atoms with van der Waals surface area (Å²) in [6, 6.07) is 6.49. The van der Waals surface area contributed by atoms with Gasteiger partial charge in [-0.25, -0.2) is 8.42 Å². The Morgan fingerprint density at radius 3 is 2.47 bits per heavy atom.